The molecule has 4 nitrogen and oxygen atoms in total. The molecule has 7 heteroatoms. The monoisotopic (exact) mass is 353 g/mol. The zero-order valence-electron chi connectivity index (χ0n) is 12.6. The number of thioether (sulfide) groups is 1. The molecule has 2 aliphatic rings. The second-order valence-corrected chi connectivity index (χ2v) is 8.27. The number of hydrazine groups is 1. The molecule has 2 rings (SSSR count). The molecule has 1 aliphatic heterocycles. The molecule has 1 heterocycles. The van der Waals surface area contributed by atoms with Gasteiger partial charge in [0.15, 0.2) is 0 Å². The molecule has 1 saturated carbocycles. The quantitative estimate of drug-likeness (QED) is 0.665. The average Bonchev–Trinajstić information content (AvgIpc) is 2.88. The molecule has 0 aromatic heterocycles. The third kappa shape index (κ3) is 4.64. The Kier molecular flexibility index (Phi) is 6.94. The first-order chi connectivity index (χ1) is 10.0. The Morgan fingerprint density at radius 1 is 1.29 bits per heavy atom. The zero-order valence-corrected chi connectivity index (χ0v) is 14.9. The van der Waals surface area contributed by atoms with E-state index >= 15 is 0 Å². The van der Waals surface area contributed by atoms with Crippen LogP contribution < -0.4 is 16.2 Å². The summed E-state index contributed by atoms with van der Waals surface area (Å²) in [4.78, 5) is 12.4. The molecule has 1 saturated heterocycles. The van der Waals surface area contributed by atoms with Gasteiger partial charge in [-0.05, 0) is 25.2 Å². The van der Waals surface area contributed by atoms with Gasteiger partial charge in [-0.1, -0.05) is 38.5 Å². The van der Waals surface area contributed by atoms with Crippen molar-refractivity contribution in [1.29, 1.82) is 0 Å². The molecule has 0 radical (unpaired) electrons. The van der Waals surface area contributed by atoms with E-state index in [1.54, 1.807) is 11.8 Å². The van der Waals surface area contributed by atoms with Crippen molar-refractivity contribution < 1.29 is 4.79 Å². The van der Waals surface area contributed by atoms with E-state index in [1.807, 2.05) is 0 Å². The van der Waals surface area contributed by atoms with Gasteiger partial charge in [0.25, 0.3) is 0 Å². The summed E-state index contributed by atoms with van der Waals surface area (Å²) in [5.74, 6) is 0.517. The summed E-state index contributed by atoms with van der Waals surface area (Å²) in [6.45, 7) is 4.40. The molecule has 1 amide bonds. The van der Waals surface area contributed by atoms with Crippen LogP contribution in [0.3, 0.4) is 0 Å². The highest BCUT2D eigenvalue weighted by atomic mass is 35.5. The summed E-state index contributed by atoms with van der Waals surface area (Å²) in [6.07, 6.45) is 4.61. The summed E-state index contributed by atoms with van der Waals surface area (Å²) in [5.41, 5.74) is 6.36. The minimum absolute atomic E-state index is 0.0376. The van der Waals surface area contributed by atoms with Gasteiger partial charge in [0.2, 0.25) is 5.91 Å². The maximum atomic E-state index is 12.4. The second-order valence-electron chi connectivity index (χ2n) is 5.84. The number of rotatable bonds is 5. The van der Waals surface area contributed by atoms with Gasteiger partial charge in [-0.25, -0.2) is 10.9 Å². The van der Waals surface area contributed by atoms with E-state index in [0.717, 1.165) is 25.7 Å². The highest BCUT2D eigenvalue weighted by molar-refractivity contribution is 8.00. The molecular formula is C14H25Cl2N3OS. The van der Waals surface area contributed by atoms with E-state index in [-0.39, 0.29) is 28.1 Å². The molecule has 0 spiro atoms. The van der Waals surface area contributed by atoms with Crippen molar-refractivity contribution in [3.05, 3.63) is 0 Å². The van der Waals surface area contributed by atoms with Crippen LogP contribution in [0.25, 0.3) is 0 Å². The fraction of sp³-hybridized carbons (Fsp3) is 0.929. The number of hydrogen-bond acceptors (Lipinski definition) is 4. The van der Waals surface area contributed by atoms with Crippen LogP contribution in [-0.2, 0) is 4.79 Å². The Bertz CT molecular complexity index is 357. The molecule has 5 unspecified atom stereocenters. The lowest BCUT2D eigenvalue weighted by Gasteiger charge is -2.29. The zero-order chi connectivity index (χ0) is 15.4. The molecule has 5 atom stereocenters. The number of carbonyl (C=O) groups excluding carboxylic acids is 1. The number of hydrogen-bond donors (Lipinski definition) is 3. The van der Waals surface area contributed by atoms with E-state index in [1.165, 1.54) is 0 Å². The standard InChI is InChI=1S/C14H25Cl2N3OS/c1-3-8(4-2)13-18-19-14(21-13)17-12(20)10-6-5-9(15)7-11(10)16/h8-11,13-14,18-19H,3-7H2,1-2H3,(H,17,20). The smallest absolute Gasteiger partial charge is 0.226 e. The fourth-order valence-electron chi connectivity index (χ4n) is 2.99. The lowest BCUT2D eigenvalue weighted by atomic mass is 9.88. The van der Waals surface area contributed by atoms with Gasteiger partial charge in [-0.15, -0.1) is 23.2 Å². The van der Waals surface area contributed by atoms with Gasteiger partial charge >= 0.3 is 0 Å². The summed E-state index contributed by atoms with van der Waals surface area (Å²) < 4.78 is 0. The predicted molar refractivity (Wildman–Crippen MR) is 90.3 cm³/mol. The van der Waals surface area contributed by atoms with E-state index < -0.39 is 0 Å². The Morgan fingerprint density at radius 2 is 2.00 bits per heavy atom. The Labute approximate surface area is 141 Å². The number of halogens is 2. The van der Waals surface area contributed by atoms with Crippen LogP contribution in [0.4, 0.5) is 0 Å². The van der Waals surface area contributed by atoms with Crippen LogP contribution in [0.2, 0.25) is 0 Å². The van der Waals surface area contributed by atoms with Gasteiger partial charge < -0.3 is 5.32 Å². The Hall–Kier alpha value is 0.320. The maximum absolute atomic E-state index is 12.4. The van der Waals surface area contributed by atoms with Crippen LogP contribution >= 0.6 is 35.0 Å². The molecular weight excluding hydrogens is 329 g/mol. The third-order valence-electron chi connectivity index (χ3n) is 4.43. The third-order valence-corrected chi connectivity index (χ3v) is 6.62. The highest BCUT2D eigenvalue weighted by Gasteiger charge is 2.36. The summed E-state index contributed by atoms with van der Waals surface area (Å²) in [7, 11) is 0. The molecule has 0 aromatic carbocycles. The predicted octanol–water partition coefficient (Wildman–Crippen LogP) is 3.00. The Morgan fingerprint density at radius 3 is 2.62 bits per heavy atom. The minimum Gasteiger partial charge on any atom is -0.330 e. The van der Waals surface area contributed by atoms with E-state index in [0.29, 0.717) is 17.7 Å². The van der Waals surface area contributed by atoms with E-state index in [9.17, 15) is 4.79 Å². The van der Waals surface area contributed by atoms with Crippen LogP contribution in [0.15, 0.2) is 0 Å². The van der Waals surface area contributed by atoms with Crippen molar-refractivity contribution in [3.8, 4) is 0 Å². The van der Waals surface area contributed by atoms with Gasteiger partial charge in [0.1, 0.15) is 5.50 Å². The number of nitrogens with one attached hydrogen (secondary N) is 3. The number of amides is 1. The van der Waals surface area contributed by atoms with Crippen molar-refractivity contribution in [2.45, 2.75) is 67.6 Å². The molecule has 3 N–H and O–H groups in total. The van der Waals surface area contributed by atoms with E-state index in [4.69, 9.17) is 23.2 Å². The van der Waals surface area contributed by atoms with Crippen LogP contribution in [0.5, 0.6) is 0 Å². The topological polar surface area (TPSA) is 53.2 Å². The van der Waals surface area contributed by atoms with Crippen molar-refractivity contribution >= 4 is 40.9 Å². The summed E-state index contributed by atoms with van der Waals surface area (Å²) in [6, 6.07) is 0. The largest absolute Gasteiger partial charge is 0.330 e. The lowest BCUT2D eigenvalue weighted by Crippen LogP contribution is -2.48. The maximum Gasteiger partial charge on any atom is 0.226 e. The number of alkyl halides is 2. The lowest BCUT2D eigenvalue weighted by molar-refractivity contribution is -0.126. The molecule has 2 fully saturated rings. The fourth-order valence-corrected chi connectivity index (χ4v) is 5.21. The molecule has 0 aromatic rings. The van der Waals surface area contributed by atoms with Gasteiger partial charge in [-0.2, -0.15) is 0 Å². The van der Waals surface area contributed by atoms with Crippen LogP contribution in [0.1, 0.15) is 46.0 Å². The first kappa shape index (κ1) is 17.7. The van der Waals surface area contributed by atoms with Gasteiger partial charge in [-0.3, -0.25) is 4.79 Å². The molecule has 1 aliphatic carbocycles. The van der Waals surface area contributed by atoms with Gasteiger partial charge in [0, 0.05) is 10.8 Å². The van der Waals surface area contributed by atoms with Crippen molar-refractivity contribution in [3.63, 3.8) is 0 Å². The summed E-state index contributed by atoms with van der Waals surface area (Å²) >= 11 is 14.1. The second kappa shape index (κ2) is 8.25. The van der Waals surface area contributed by atoms with Crippen molar-refractivity contribution in [1.82, 2.24) is 16.2 Å². The molecule has 0 bridgehead atoms. The minimum atomic E-state index is -0.157. The van der Waals surface area contributed by atoms with Crippen molar-refractivity contribution in [2.24, 2.45) is 11.8 Å². The van der Waals surface area contributed by atoms with E-state index in [2.05, 4.69) is 30.0 Å². The van der Waals surface area contributed by atoms with Crippen LogP contribution in [-0.4, -0.2) is 27.5 Å². The molecule has 122 valence electrons. The van der Waals surface area contributed by atoms with Crippen LogP contribution in [0, 0.1) is 11.8 Å². The molecule has 21 heavy (non-hydrogen) atoms. The highest BCUT2D eigenvalue weighted by Crippen LogP contribution is 2.33. The first-order valence-electron chi connectivity index (χ1n) is 7.80. The van der Waals surface area contributed by atoms with Crippen molar-refractivity contribution in [2.75, 3.05) is 0 Å². The number of carbonyl (C=O) groups is 1. The Balaban J connectivity index is 1.81. The first-order valence-corrected chi connectivity index (χ1v) is 9.61. The summed E-state index contributed by atoms with van der Waals surface area (Å²) in [5, 5.41) is 3.34. The van der Waals surface area contributed by atoms with Gasteiger partial charge in [0.05, 0.1) is 11.3 Å². The normalized spacial score (nSPS) is 36.9. The SMILES string of the molecule is CCC(CC)C1NNC(NC(=O)C2CCC(Cl)CC2Cl)S1. The average molecular weight is 354 g/mol.